The molecule has 0 aromatic heterocycles. The highest BCUT2D eigenvalue weighted by atomic mass is 19.1. The molecule has 1 unspecified atom stereocenters. The van der Waals surface area contributed by atoms with E-state index in [0.717, 1.165) is 17.3 Å². The third-order valence-corrected chi connectivity index (χ3v) is 4.58. The Bertz CT molecular complexity index is 879. The standard InChI is InChI=1S/C18H17FN2O4/c1-18(2)9-12-7-11(17(22)23)4-6-14(12)20-16(18)10-3-5-13(19)15(8-10)21(24)25/h3-8,16,20H,9H2,1-2H3,(H,22,23). The molecule has 1 heterocycles. The molecular weight excluding hydrogens is 327 g/mol. The molecule has 2 aromatic rings. The number of nitrogens with one attached hydrogen (secondary N) is 1. The van der Waals surface area contributed by atoms with Crippen LogP contribution < -0.4 is 5.32 Å². The maximum atomic E-state index is 13.6. The number of benzene rings is 2. The van der Waals surface area contributed by atoms with E-state index in [0.29, 0.717) is 12.0 Å². The summed E-state index contributed by atoms with van der Waals surface area (Å²) >= 11 is 0. The van der Waals surface area contributed by atoms with E-state index in [1.165, 1.54) is 12.1 Å². The highest BCUT2D eigenvalue weighted by Crippen LogP contribution is 2.45. The average molecular weight is 344 g/mol. The predicted octanol–water partition coefficient (Wildman–Crippen LogP) is 4.17. The fourth-order valence-electron chi connectivity index (χ4n) is 3.34. The fourth-order valence-corrected chi connectivity index (χ4v) is 3.34. The van der Waals surface area contributed by atoms with Crippen molar-refractivity contribution < 1.29 is 19.2 Å². The molecule has 0 radical (unpaired) electrons. The summed E-state index contributed by atoms with van der Waals surface area (Å²) in [5.74, 6) is -1.86. The summed E-state index contributed by atoms with van der Waals surface area (Å²) in [6.07, 6.45) is 0.590. The van der Waals surface area contributed by atoms with Gasteiger partial charge >= 0.3 is 11.7 Å². The lowest BCUT2D eigenvalue weighted by atomic mass is 9.72. The Kier molecular flexibility index (Phi) is 3.94. The van der Waals surface area contributed by atoms with Crippen LogP contribution in [0.5, 0.6) is 0 Å². The van der Waals surface area contributed by atoms with Crippen molar-refractivity contribution in [3.8, 4) is 0 Å². The van der Waals surface area contributed by atoms with Crippen molar-refractivity contribution in [2.24, 2.45) is 5.41 Å². The van der Waals surface area contributed by atoms with Gasteiger partial charge in [0.15, 0.2) is 0 Å². The first-order chi connectivity index (χ1) is 11.7. The summed E-state index contributed by atoms with van der Waals surface area (Å²) in [7, 11) is 0. The van der Waals surface area contributed by atoms with Crippen molar-refractivity contribution in [3.63, 3.8) is 0 Å². The van der Waals surface area contributed by atoms with Crippen molar-refractivity contribution in [1.82, 2.24) is 0 Å². The van der Waals surface area contributed by atoms with E-state index in [9.17, 15) is 19.3 Å². The SMILES string of the molecule is CC1(C)Cc2cc(C(=O)O)ccc2NC1c1ccc(F)c([N+](=O)[O-])c1. The molecule has 1 aliphatic heterocycles. The molecule has 3 rings (SSSR count). The van der Waals surface area contributed by atoms with Crippen LogP contribution in [0.25, 0.3) is 0 Å². The zero-order valence-corrected chi connectivity index (χ0v) is 13.7. The summed E-state index contributed by atoms with van der Waals surface area (Å²) in [6.45, 7) is 3.96. The number of anilines is 1. The molecule has 0 amide bonds. The second-order valence-electron chi connectivity index (χ2n) is 6.89. The van der Waals surface area contributed by atoms with E-state index < -0.39 is 22.4 Å². The van der Waals surface area contributed by atoms with E-state index in [4.69, 9.17) is 5.11 Å². The number of hydrogen-bond donors (Lipinski definition) is 2. The number of carboxylic acids is 1. The van der Waals surface area contributed by atoms with E-state index in [-0.39, 0.29) is 17.0 Å². The van der Waals surface area contributed by atoms with Crippen LogP contribution in [0.15, 0.2) is 36.4 Å². The molecule has 1 atom stereocenters. The van der Waals surface area contributed by atoms with Crippen molar-refractivity contribution >= 4 is 17.3 Å². The highest BCUT2D eigenvalue weighted by Gasteiger charge is 2.37. The molecule has 0 bridgehead atoms. The van der Waals surface area contributed by atoms with Crippen molar-refractivity contribution in [3.05, 3.63) is 69.0 Å². The van der Waals surface area contributed by atoms with Crippen molar-refractivity contribution in [2.75, 3.05) is 5.32 Å². The van der Waals surface area contributed by atoms with Gasteiger partial charge in [-0.25, -0.2) is 4.79 Å². The summed E-state index contributed by atoms with van der Waals surface area (Å²) in [5.41, 5.74) is 1.58. The Hall–Kier alpha value is -2.96. The molecular formula is C18H17FN2O4. The largest absolute Gasteiger partial charge is 0.478 e. The van der Waals surface area contributed by atoms with Gasteiger partial charge in [0.2, 0.25) is 5.82 Å². The van der Waals surface area contributed by atoms with Crippen LogP contribution >= 0.6 is 0 Å². The van der Waals surface area contributed by atoms with Gasteiger partial charge in [0.05, 0.1) is 16.5 Å². The Labute approximate surface area is 143 Å². The van der Waals surface area contributed by atoms with Crippen LogP contribution in [-0.4, -0.2) is 16.0 Å². The molecule has 0 saturated heterocycles. The molecule has 0 spiro atoms. The minimum absolute atomic E-state index is 0.215. The smallest absolute Gasteiger partial charge is 0.335 e. The van der Waals surface area contributed by atoms with E-state index in [1.807, 2.05) is 13.8 Å². The summed E-state index contributed by atoms with van der Waals surface area (Å²) in [6, 6.07) is 8.47. The Morgan fingerprint density at radius 2 is 2.04 bits per heavy atom. The molecule has 2 N–H and O–H groups in total. The number of nitro benzene ring substituents is 1. The van der Waals surface area contributed by atoms with Crippen LogP contribution in [0.3, 0.4) is 0 Å². The van der Waals surface area contributed by atoms with Crippen LogP contribution in [0.4, 0.5) is 15.8 Å². The summed E-state index contributed by atoms with van der Waals surface area (Å²) in [5, 5.41) is 23.5. The number of fused-ring (bicyclic) bond motifs is 1. The number of nitrogens with zero attached hydrogens (tertiary/aromatic N) is 1. The number of nitro groups is 1. The minimum Gasteiger partial charge on any atom is -0.478 e. The number of carbonyl (C=O) groups is 1. The zero-order valence-electron chi connectivity index (χ0n) is 13.7. The Morgan fingerprint density at radius 1 is 1.32 bits per heavy atom. The summed E-state index contributed by atoms with van der Waals surface area (Å²) in [4.78, 5) is 21.4. The number of hydrogen-bond acceptors (Lipinski definition) is 4. The quantitative estimate of drug-likeness (QED) is 0.644. The Balaban J connectivity index is 2.03. The van der Waals surface area contributed by atoms with Crippen LogP contribution in [0.2, 0.25) is 0 Å². The summed E-state index contributed by atoms with van der Waals surface area (Å²) < 4.78 is 13.6. The normalized spacial score (nSPS) is 18.1. The minimum atomic E-state index is -0.989. The molecule has 0 saturated carbocycles. The molecule has 0 fully saturated rings. The van der Waals surface area contributed by atoms with Crippen molar-refractivity contribution in [1.29, 1.82) is 0 Å². The molecule has 130 valence electrons. The van der Waals surface area contributed by atoms with Crippen LogP contribution in [0, 0.1) is 21.3 Å². The average Bonchev–Trinajstić information content (AvgIpc) is 2.53. The van der Waals surface area contributed by atoms with Gasteiger partial charge in [-0.05, 0) is 47.2 Å². The van der Waals surface area contributed by atoms with Gasteiger partial charge in [-0.2, -0.15) is 4.39 Å². The van der Waals surface area contributed by atoms with Gasteiger partial charge in [-0.1, -0.05) is 19.9 Å². The zero-order chi connectivity index (χ0) is 18.4. The Morgan fingerprint density at radius 3 is 2.68 bits per heavy atom. The molecule has 0 aliphatic carbocycles. The lowest BCUT2D eigenvalue weighted by molar-refractivity contribution is -0.387. The van der Waals surface area contributed by atoms with Crippen molar-refractivity contribution in [2.45, 2.75) is 26.3 Å². The number of aromatic carboxylic acids is 1. The van der Waals surface area contributed by atoms with E-state index >= 15 is 0 Å². The second kappa shape index (κ2) is 5.84. The lowest BCUT2D eigenvalue weighted by Gasteiger charge is -2.41. The van der Waals surface area contributed by atoms with Gasteiger partial charge in [-0.15, -0.1) is 0 Å². The van der Waals surface area contributed by atoms with E-state index in [2.05, 4.69) is 5.32 Å². The first-order valence-electron chi connectivity index (χ1n) is 7.75. The van der Waals surface area contributed by atoms with Crippen LogP contribution in [0.1, 0.15) is 41.4 Å². The maximum absolute atomic E-state index is 13.6. The first-order valence-corrected chi connectivity index (χ1v) is 7.75. The van der Waals surface area contributed by atoms with Gasteiger partial charge in [0.1, 0.15) is 0 Å². The molecule has 6 nitrogen and oxygen atoms in total. The molecule has 25 heavy (non-hydrogen) atoms. The third kappa shape index (κ3) is 3.05. The number of carboxylic acid groups (broad SMARTS) is 1. The predicted molar refractivity (Wildman–Crippen MR) is 90.3 cm³/mol. The van der Waals surface area contributed by atoms with Gasteiger partial charge < -0.3 is 10.4 Å². The fraction of sp³-hybridized carbons (Fsp3) is 0.278. The molecule has 7 heteroatoms. The number of halogens is 1. The number of rotatable bonds is 3. The first kappa shape index (κ1) is 16.9. The highest BCUT2D eigenvalue weighted by molar-refractivity contribution is 5.88. The third-order valence-electron chi connectivity index (χ3n) is 4.58. The maximum Gasteiger partial charge on any atom is 0.335 e. The van der Waals surface area contributed by atoms with Crippen LogP contribution in [-0.2, 0) is 6.42 Å². The second-order valence-corrected chi connectivity index (χ2v) is 6.89. The molecule has 2 aromatic carbocycles. The van der Waals surface area contributed by atoms with E-state index in [1.54, 1.807) is 18.2 Å². The van der Waals surface area contributed by atoms with Gasteiger partial charge in [-0.3, -0.25) is 10.1 Å². The monoisotopic (exact) mass is 344 g/mol. The molecule has 1 aliphatic rings. The van der Waals surface area contributed by atoms with Gasteiger partial charge in [0.25, 0.3) is 0 Å². The topological polar surface area (TPSA) is 92.5 Å². The van der Waals surface area contributed by atoms with Gasteiger partial charge in [0, 0.05) is 11.8 Å². The lowest BCUT2D eigenvalue weighted by Crippen LogP contribution is -2.35.